The molecule has 0 radical (unpaired) electrons. The van der Waals surface area contributed by atoms with Crippen molar-refractivity contribution < 1.29 is 13.2 Å². The zero-order valence-corrected chi connectivity index (χ0v) is 20.2. The first kappa shape index (κ1) is 24.6. The average Bonchev–Trinajstić information content (AvgIpc) is 3.14. The van der Waals surface area contributed by atoms with E-state index in [1.807, 2.05) is 54.6 Å². The quantitative estimate of drug-likeness (QED) is 0.550. The Morgan fingerprint density at radius 2 is 1.66 bits per heavy atom. The molecular weight excluding hydrogens is 460 g/mol. The molecule has 3 aromatic rings. The first-order valence-corrected chi connectivity index (χ1v) is 13.1. The lowest BCUT2D eigenvalue weighted by atomic mass is 10.1. The predicted molar refractivity (Wildman–Crippen MR) is 134 cm³/mol. The van der Waals surface area contributed by atoms with Crippen molar-refractivity contribution in [2.45, 2.75) is 24.4 Å². The fraction of sp³-hybridized carbons (Fsp3) is 0.259. The molecule has 4 rings (SSSR count). The lowest BCUT2D eigenvalue weighted by molar-refractivity contribution is 0.0761. The average molecular weight is 489 g/mol. The molecule has 1 N–H and O–H groups in total. The monoisotopic (exact) mass is 488 g/mol. The van der Waals surface area contributed by atoms with E-state index in [2.05, 4.69) is 15.7 Å². The summed E-state index contributed by atoms with van der Waals surface area (Å²) in [6.45, 7) is 3.71. The van der Waals surface area contributed by atoms with Crippen LogP contribution in [0.15, 0.2) is 83.8 Å². The van der Waals surface area contributed by atoms with Gasteiger partial charge in [0.25, 0.3) is 5.91 Å². The molecule has 7 nitrogen and oxygen atoms in total. The maximum absolute atomic E-state index is 13.2. The van der Waals surface area contributed by atoms with Gasteiger partial charge in [0.05, 0.1) is 16.5 Å². The van der Waals surface area contributed by atoms with Crippen molar-refractivity contribution in [3.8, 4) is 6.07 Å². The minimum absolute atomic E-state index is 0.0801. The van der Waals surface area contributed by atoms with Crippen LogP contribution in [0.5, 0.6) is 0 Å². The zero-order valence-electron chi connectivity index (χ0n) is 19.4. The van der Waals surface area contributed by atoms with Gasteiger partial charge in [-0.25, -0.2) is 13.1 Å². The summed E-state index contributed by atoms with van der Waals surface area (Å²) in [6, 6.07) is 25.2. The molecular formula is C27H28N4O3S. The molecule has 0 bridgehead atoms. The SMILES string of the molecule is N#Cc1ccc(CN2CCCN(C(=O)c3cccc(S(=O)(=O)NCc4ccccc4)c3)CC2)cc1. The van der Waals surface area contributed by atoms with Crippen molar-refractivity contribution in [2.24, 2.45) is 0 Å². The molecule has 0 saturated carbocycles. The van der Waals surface area contributed by atoms with Crippen LogP contribution >= 0.6 is 0 Å². The molecule has 8 heteroatoms. The molecule has 0 atom stereocenters. The minimum atomic E-state index is -3.75. The fourth-order valence-corrected chi connectivity index (χ4v) is 5.17. The van der Waals surface area contributed by atoms with Gasteiger partial charge < -0.3 is 4.90 Å². The van der Waals surface area contributed by atoms with E-state index in [9.17, 15) is 13.2 Å². The Balaban J connectivity index is 1.38. The Kier molecular flexibility index (Phi) is 7.93. The molecule has 1 saturated heterocycles. The van der Waals surface area contributed by atoms with Crippen LogP contribution < -0.4 is 4.72 Å². The molecule has 35 heavy (non-hydrogen) atoms. The Morgan fingerprint density at radius 1 is 0.886 bits per heavy atom. The number of hydrogen-bond acceptors (Lipinski definition) is 5. The predicted octanol–water partition coefficient (Wildman–Crippen LogP) is 3.38. The van der Waals surface area contributed by atoms with Gasteiger partial charge in [0.2, 0.25) is 10.0 Å². The summed E-state index contributed by atoms with van der Waals surface area (Å²) in [7, 11) is -3.75. The topological polar surface area (TPSA) is 93.5 Å². The van der Waals surface area contributed by atoms with E-state index in [-0.39, 0.29) is 17.3 Å². The summed E-state index contributed by atoms with van der Waals surface area (Å²) in [5.41, 5.74) is 3.00. The summed E-state index contributed by atoms with van der Waals surface area (Å²) in [6.07, 6.45) is 0.832. The number of benzene rings is 3. The van der Waals surface area contributed by atoms with Gasteiger partial charge in [0.1, 0.15) is 0 Å². The number of amides is 1. The van der Waals surface area contributed by atoms with Gasteiger partial charge in [0.15, 0.2) is 0 Å². The summed E-state index contributed by atoms with van der Waals surface area (Å²) < 4.78 is 28.2. The van der Waals surface area contributed by atoms with Gasteiger partial charge in [0, 0.05) is 44.8 Å². The Labute approximate surface area is 206 Å². The van der Waals surface area contributed by atoms with E-state index in [1.54, 1.807) is 17.0 Å². The highest BCUT2D eigenvalue weighted by Crippen LogP contribution is 2.16. The van der Waals surface area contributed by atoms with E-state index in [0.29, 0.717) is 24.2 Å². The smallest absolute Gasteiger partial charge is 0.253 e. The number of nitrogens with zero attached hydrogens (tertiary/aromatic N) is 3. The minimum Gasteiger partial charge on any atom is -0.337 e. The molecule has 1 aliphatic heterocycles. The number of nitriles is 1. The Bertz CT molecular complexity index is 1300. The molecule has 3 aromatic carbocycles. The summed E-state index contributed by atoms with van der Waals surface area (Å²) in [4.78, 5) is 17.4. The van der Waals surface area contributed by atoms with Gasteiger partial charge in [-0.3, -0.25) is 9.69 Å². The van der Waals surface area contributed by atoms with Crippen LogP contribution in [0.4, 0.5) is 0 Å². The molecule has 0 aliphatic carbocycles. The number of hydrogen-bond donors (Lipinski definition) is 1. The first-order chi connectivity index (χ1) is 16.9. The molecule has 0 aromatic heterocycles. The highest BCUT2D eigenvalue weighted by atomic mass is 32.2. The standard InChI is InChI=1S/C27H28N4O3S/c28-19-22-10-12-24(13-11-22)21-30-14-5-15-31(17-16-30)27(32)25-8-4-9-26(18-25)35(33,34)29-20-23-6-2-1-3-7-23/h1-4,6-13,18,29H,5,14-17,20-21H2. The number of nitrogens with one attached hydrogen (secondary N) is 1. The highest BCUT2D eigenvalue weighted by Gasteiger charge is 2.22. The van der Waals surface area contributed by atoms with Crippen LogP contribution in [-0.2, 0) is 23.1 Å². The number of carbonyl (C=O) groups excluding carboxylic acids is 1. The largest absolute Gasteiger partial charge is 0.337 e. The van der Waals surface area contributed by atoms with Crippen molar-refractivity contribution in [1.29, 1.82) is 5.26 Å². The molecule has 1 fully saturated rings. The normalized spacial score (nSPS) is 14.8. The van der Waals surface area contributed by atoms with Crippen LogP contribution in [0, 0.1) is 11.3 Å². The van der Waals surface area contributed by atoms with E-state index in [0.717, 1.165) is 37.2 Å². The summed E-state index contributed by atoms with van der Waals surface area (Å²) >= 11 is 0. The second-order valence-electron chi connectivity index (χ2n) is 8.57. The third-order valence-electron chi connectivity index (χ3n) is 6.07. The third kappa shape index (κ3) is 6.55. The second-order valence-corrected chi connectivity index (χ2v) is 10.3. The second kappa shape index (κ2) is 11.3. The number of carbonyl (C=O) groups is 1. The van der Waals surface area contributed by atoms with E-state index in [1.165, 1.54) is 12.1 Å². The molecule has 0 unspecified atom stereocenters. The number of sulfonamides is 1. The maximum Gasteiger partial charge on any atom is 0.253 e. The lowest BCUT2D eigenvalue weighted by Crippen LogP contribution is -2.35. The van der Waals surface area contributed by atoms with E-state index in [4.69, 9.17) is 5.26 Å². The van der Waals surface area contributed by atoms with E-state index < -0.39 is 10.0 Å². The molecule has 180 valence electrons. The zero-order chi connectivity index (χ0) is 24.7. The van der Waals surface area contributed by atoms with Crippen LogP contribution in [-0.4, -0.2) is 50.3 Å². The van der Waals surface area contributed by atoms with Crippen molar-refractivity contribution in [2.75, 3.05) is 26.2 Å². The van der Waals surface area contributed by atoms with Gasteiger partial charge in [-0.1, -0.05) is 48.5 Å². The van der Waals surface area contributed by atoms with Gasteiger partial charge in [-0.2, -0.15) is 5.26 Å². The molecule has 1 heterocycles. The number of rotatable bonds is 7. The molecule has 1 amide bonds. The Morgan fingerprint density at radius 3 is 2.40 bits per heavy atom. The van der Waals surface area contributed by atoms with Gasteiger partial charge >= 0.3 is 0 Å². The van der Waals surface area contributed by atoms with Gasteiger partial charge in [-0.05, 0) is 47.9 Å². The van der Waals surface area contributed by atoms with Crippen molar-refractivity contribution in [1.82, 2.24) is 14.5 Å². The lowest BCUT2D eigenvalue weighted by Gasteiger charge is -2.22. The fourth-order valence-electron chi connectivity index (χ4n) is 4.11. The van der Waals surface area contributed by atoms with Crippen molar-refractivity contribution >= 4 is 15.9 Å². The molecule has 1 aliphatic rings. The first-order valence-electron chi connectivity index (χ1n) is 11.6. The van der Waals surface area contributed by atoms with Crippen molar-refractivity contribution in [3.63, 3.8) is 0 Å². The van der Waals surface area contributed by atoms with Gasteiger partial charge in [-0.15, -0.1) is 0 Å². The Hall–Kier alpha value is -3.51. The van der Waals surface area contributed by atoms with Crippen molar-refractivity contribution in [3.05, 3.63) is 101 Å². The van der Waals surface area contributed by atoms with Crippen LogP contribution in [0.1, 0.15) is 33.5 Å². The van der Waals surface area contributed by atoms with Crippen LogP contribution in [0.2, 0.25) is 0 Å². The molecule has 0 spiro atoms. The maximum atomic E-state index is 13.2. The van der Waals surface area contributed by atoms with Crippen LogP contribution in [0.25, 0.3) is 0 Å². The highest BCUT2D eigenvalue weighted by molar-refractivity contribution is 7.89. The van der Waals surface area contributed by atoms with Crippen LogP contribution in [0.3, 0.4) is 0 Å². The summed E-state index contributed by atoms with van der Waals surface area (Å²) in [5, 5.41) is 8.96. The summed E-state index contributed by atoms with van der Waals surface area (Å²) in [5.74, 6) is -0.162. The van der Waals surface area contributed by atoms with E-state index >= 15 is 0 Å². The third-order valence-corrected chi connectivity index (χ3v) is 7.46.